The van der Waals surface area contributed by atoms with Crippen LogP contribution in [-0.2, 0) is 6.54 Å². The van der Waals surface area contributed by atoms with Gasteiger partial charge in [-0.15, -0.1) is 0 Å². The Kier molecular flexibility index (Phi) is 4.31. The summed E-state index contributed by atoms with van der Waals surface area (Å²) in [6.45, 7) is 3.12. The first-order valence-electron chi connectivity index (χ1n) is 6.42. The van der Waals surface area contributed by atoms with Crippen LogP contribution in [0.5, 0.6) is 0 Å². The third kappa shape index (κ3) is 3.01. The van der Waals surface area contributed by atoms with Crippen molar-refractivity contribution in [2.24, 2.45) is 5.73 Å². The van der Waals surface area contributed by atoms with E-state index < -0.39 is 0 Å². The van der Waals surface area contributed by atoms with Crippen LogP contribution >= 0.6 is 0 Å². The molecule has 0 radical (unpaired) electrons. The minimum absolute atomic E-state index is 0.0172. The SMILES string of the molecule is CCN(C(=O)c1ccccc1)c1ccc(CN)cc1. The van der Waals surface area contributed by atoms with Gasteiger partial charge in [-0.1, -0.05) is 30.3 Å². The van der Waals surface area contributed by atoms with Crippen LogP contribution < -0.4 is 10.6 Å². The van der Waals surface area contributed by atoms with E-state index in [4.69, 9.17) is 5.73 Å². The van der Waals surface area contributed by atoms with Gasteiger partial charge in [-0.3, -0.25) is 4.79 Å². The van der Waals surface area contributed by atoms with Gasteiger partial charge < -0.3 is 10.6 Å². The van der Waals surface area contributed by atoms with E-state index in [2.05, 4.69) is 0 Å². The molecule has 3 heteroatoms. The normalized spacial score (nSPS) is 10.2. The van der Waals surface area contributed by atoms with Crippen molar-refractivity contribution in [3.8, 4) is 0 Å². The molecule has 0 saturated heterocycles. The monoisotopic (exact) mass is 254 g/mol. The Morgan fingerprint density at radius 3 is 2.21 bits per heavy atom. The lowest BCUT2D eigenvalue weighted by molar-refractivity contribution is 0.0988. The number of nitrogens with zero attached hydrogens (tertiary/aromatic N) is 1. The minimum Gasteiger partial charge on any atom is -0.326 e. The van der Waals surface area contributed by atoms with Gasteiger partial charge in [0.15, 0.2) is 0 Å². The standard InChI is InChI=1S/C16H18N2O/c1-2-18(15-10-8-13(12-17)9-11-15)16(19)14-6-4-3-5-7-14/h3-11H,2,12,17H2,1H3. The Hall–Kier alpha value is -2.13. The highest BCUT2D eigenvalue weighted by atomic mass is 16.2. The van der Waals surface area contributed by atoms with Gasteiger partial charge in [0, 0.05) is 24.3 Å². The van der Waals surface area contributed by atoms with Crippen LogP contribution in [0.1, 0.15) is 22.8 Å². The number of hydrogen-bond donors (Lipinski definition) is 1. The van der Waals surface area contributed by atoms with Crippen molar-refractivity contribution in [3.63, 3.8) is 0 Å². The molecule has 0 aliphatic carbocycles. The second-order valence-electron chi connectivity index (χ2n) is 4.29. The number of benzene rings is 2. The average molecular weight is 254 g/mol. The van der Waals surface area contributed by atoms with Crippen molar-refractivity contribution >= 4 is 11.6 Å². The van der Waals surface area contributed by atoms with Crippen LogP contribution in [0.3, 0.4) is 0 Å². The first kappa shape index (κ1) is 13.3. The van der Waals surface area contributed by atoms with Crippen molar-refractivity contribution in [2.75, 3.05) is 11.4 Å². The fourth-order valence-corrected chi connectivity index (χ4v) is 1.99. The Balaban J connectivity index is 2.26. The van der Waals surface area contributed by atoms with E-state index >= 15 is 0 Å². The Morgan fingerprint density at radius 2 is 1.68 bits per heavy atom. The molecule has 0 atom stereocenters. The lowest BCUT2D eigenvalue weighted by Gasteiger charge is -2.21. The predicted molar refractivity (Wildman–Crippen MR) is 78.1 cm³/mol. The first-order chi connectivity index (χ1) is 9.26. The zero-order valence-electron chi connectivity index (χ0n) is 11.0. The Bertz CT molecular complexity index is 534. The van der Waals surface area contributed by atoms with Crippen LogP contribution in [0, 0.1) is 0 Å². The van der Waals surface area contributed by atoms with E-state index in [0.29, 0.717) is 18.7 Å². The van der Waals surface area contributed by atoms with Crippen molar-refractivity contribution in [1.29, 1.82) is 0 Å². The van der Waals surface area contributed by atoms with Gasteiger partial charge in [-0.25, -0.2) is 0 Å². The van der Waals surface area contributed by atoms with Crippen molar-refractivity contribution in [3.05, 3.63) is 65.7 Å². The highest BCUT2D eigenvalue weighted by molar-refractivity contribution is 6.06. The summed E-state index contributed by atoms with van der Waals surface area (Å²) in [5.74, 6) is 0.0172. The summed E-state index contributed by atoms with van der Waals surface area (Å²) in [5, 5.41) is 0. The molecule has 3 nitrogen and oxygen atoms in total. The number of hydrogen-bond acceptors (Lipinski definition) is 2. The highest BCUT2D eigenvalue weighted by Crippen LogP contribution is 2.18. The Labute approximate surface area is 113 Å². The summed E-state index contributed by atoms with van der Waals surface area (Å²) >= 11 is 0. The third-order valence-corrected chi connectivity index (χ3v) is 3.07. The van der Waals surface area contributed by atoms with Crippen LogP contribution in [0.15, 0.2) is 54.6 Å². The number of rotatable bonds is 4. The molecular weight excluding hydrogens is 236 g/mol. The minimum atomic E-state index is 0.0172. The maximum Gasteiger partial charge on any atom is 0.258 e. The molecule has 0 saturated carbocycles. The molecule has 19 heavy (non-hydrogen) atoms. The zero-order valence-corrected chi connectivity index (χ0v) is 11.0. The molecule has 0 aliphatic rings. The molecule has 0 unspecified atom stereocenters. The lowest BCUT2D eigenvalue weighted by Crippen LogP contribution is -2.30. The van der Waals surface area contributed by atoms with Crippen molar-refractivity contribution < 1.29 is 4.79 Å². The van der Waals surface area contributed by atoms with E-state index in [1.54, 1.807) is 4.90 Å². The highest BCUT2D eigenvalue weighted by Gasteiger charge is 2.15. The van der Waals surface area contributed by atoms with Crippen molar-refractivity contribution in [2.45, 2.75) is 13.5 Å². The molecule has 0 heterocycles. The van der Waals surface area contributed by atoms with Gasteiger partial charge in [0.05, 0.1) is 0 Å². The fraction of sp³-hybridized carbons (Fsp3) is 0.188. The third-order valence-electron chi connectivity index (χ3n) is 3.07. The smallest absolute Gasteiger partial charge is 0.258 e. The molecular formula is C16H18N2O. The number of carbonyl (C=O) groups is 1. The summed E-state index contributed by atoms with van der Waals surface area (Å²) in [5.41, 5.74) is 8.24. The molecule has 0 aromatic heterocycles. The molecule has 1 amide bonds. The predicted octanol–water partition coefficient (Wildman–Crippen LogP) is 2.81. The van der Waals surface area contributed by atoms with Gasteiger partial charge in [-0.2, -0.15) is 0 Å². The summed E-state index contributed by atoms with van der Waals surface area (Å²) in [4.78, 5) is 14.2. The van der Waals surface area contributed by atoms with Gasteiger partial charge in [-0.05, 0) is 36.8 Å². The number of nitrogens with two attached hydrogens (primary N) is 1. The van der Waals surface area contributed by atoms with E-state index in [1.165, 1.54) is 0 Å². The van der Waals surface area contributed by atoms with E-state index in [1.807, 2.05) is 61.5 Å². The largest absolute Gasteiger partial charge is 0.326 e. The van der Waals surface area contributed by atoms with E-state index in [-0.39, 0.29) is 5.91 Å². The molecule has 2 rings (SSSR count). The van der Waals surface area contributed by atoms with E-state index in [9.17, 15) is 4.79 Å². The summed E-state index contributed by atoms with van der Waals surface area (Å²) in [7, 11) is 0. The molecule has 0 aliphatic heterocycles. The van der Waals surface area contributed by atoms with Gasteiger partial charge in [0.2, 0.25) is 0 Å². The number of amides is 1. The molecule has 2 N–H and O–H groups in total. The van der Waals surface area contributed by atoms with Gasteiger partial charge in [0.25, 0.3) is 5.91 Å². The summed E-state index contributed by atoms with van der Waals surface area (Å²) in [6, 6.07) is 17.1. The summed E-state index contributed by atoms with van der Waals surface area (Å²) < 4.78 is 0. The van der Waals surface area contributed by atoms with E-state index in [0.717, 1.165) is 11.3 Å². The van der Waals surface area contributed by atoms with Crippen LogP contribution in [0.4, 0.5) is 5.69 Å². The van der Waals surface area contributed by atoms with Gasteiger partial charge in [0.1, 0.15) is 0 Å². The first-order valence-corrected chi connectivity index (χ1v) is 6.42. The molecule has 0 spiro atoms. The molecule has 2 aromatic carbocycles. The average Bonchev–Trinajstić information content (AvgIpc) is 2.49. The lowest BCUT2D eigenvalue weighted by atomic mass is 10.1. The Morgan fingerprint density at radius 1 is 1.05 bits per heavy atom. The van der Waals surface area contributed by atoms with Gasteiger partial charge >= 0.3 is 0 Å². The fourth-order valence-electron chi connectivity index (χ4n) is 1.99. The molecule has 98 valence electrons. The maximum atomic E-state index is 12.4. The van der Waals surface area contributed by atoms with Crippen LogP contribution in [0.2, 0.25) is 0 Å². The zero-order chi connectivity index (χ0) is 13.7. The van der Waals surface area contributed by atoms with Crippen LogP contribution in [0.25, 0.3) is 0 Å². The second kappa shape index (κ2) is 6.16. The quantitative estimate of drug-likeness (QED) is 0.912. The molecule has 0 bridgehead atoms. The van der Waals surface area contributed by atoms with Crippen molar-refractivity contribution in [1.82, 2.24) is 0 Å². The number of carbonyl (C=O) groups excluding carboxylic acids is 1. The second-order valence-corrected chi connectivity index (χ2v) is 4.29. The molecule has 2 aromatic rings. The molecule has 0 fully saturated rings. The number of anilines is 1. The summed E-state index contributed by atoms with van der Waals surface area (Å²) in [6.07, 6.45) is 0. The maximum absolute atomic E-state index is 12.4. The topological polar surface area (TPSA) is 46.3 Å². The van der Waals surface area contributed by atoms with Crippen LogP contribution in [-0.4, -0.2) is 12.5 Å².